The third-order valence-electron chi connectivity index (χ3n) is 5.82. The van der Waals surface area contributed by atoms with Crippen LogP contribution in [0.3, 0.4) is 0 Å². The molecule has 0 saturated carbocycles. The van der Waals surface area contributed by atoms with Crippen LogP contribution in [0.2, 0.25) is 0 Å². The van der Waals surface area contributed by atoms with Crippen molar-refractivity contribution in [3.8, 4) is 11.3 Å². The number of amides is 1. The van der Waals surface area contributed by atoms with Gasteiger partial charge in [0.1, 0.15) is 30.0 Å². The Hall–Kier alpha value is -3.59. The van der Waals surface area contributed by atoms with Crippen molar-refractivity contribution in [1.29, 1.82) is 0 Å². The molecule has 0 bridgehead atoms. The van der Waals surface area contributed by atoms with Crippen molar-refractivity contribution in [1.82, 2.24) is 24.8 Å². The highest BCUT2D eigenvalue weighted by Crippen LogP contribution is 2.22. The lowest BCUT2D eigenvalue weighted by Gasteiger charge is -2.35. The highest BCUT2D eigenvalue weighted by molar-refractivity contribution is 5.93. The molecule has 0 unspecified atom stereocenters. The first kappa shape index (κ1) is 20.3. The molecule has 164 valence electrons. The minimum atomic E-state index is -0.0609. The number of hydrogen-bond acceptors (Lipinski definition) is 8. The van der Waals surface area contributed by atoms with Crippen molar-refractivity contribution in [2.75, 3.05) is 62.3 Å². The van der Waals surface area contributed by atoms with Gasteiger partial charge in [0.2, 0.25) is 0 Å². The zero-order valence-corrected chi connectivity index (χ0v) is 17.8. The first-order valence-corrected chi connectivity index (χ1v) is 10.8. The number of hydrogen-bond donors (Lipinski definition) is 0. The maximum Gasteiger partial charge on any atom is 0.272 e. The molecular weight excluding hydrogens is 406 g/mol. The number of ether oxygens (including phenoxy) is 1. The number of nitrogens with zero attached hydrogens (tertiary/aromatic N) is 7. The number of morpholine rings is 1. The molecule has 2 aliphatic rings. The van der Waals surface area contributed by atoms with Crippen LogP contribution in [0.5, 0.6) is 0 Å². The molecule has 5 rings (SSSR count). The van der Waals surface area contributed by atoms with E-state index >= 15 is 0 Å². The lowest BCUT2D eigenvalue weighted by molar-refractivity contribution is 0.0740. The normalized spacial score (nSPS) is 16.8. The fourth-order valence-electron chi connectivity index (χ4n) is 4.02. The second-order valence-electron chi connectivity index (χ2n) is 7.77. The van der Waals surface area contributed by atoms with Gasteiger partial charge in [-0.2, -0.15) is 0 Å². The Morgan fingerprint density at radius 2 is 1.41 bits per heavy atom. The average Bonchev–Trinajstić information content (AvgIpc) is 2.89. The molecule has 1 aromatic carbocycles. The highest BCUT2D eigenvalue weighted by atomic mass is 16.5. The molecule has 0 spiro atoms. The highest BCUT2D eigenvalue weighted by Gasteiger charge is 2.25. The van der Waals surface area contributed by atoms with Crippen LogP contribution in [0.15, 0.2) is 55.1 Å². The number of aromatic nitrogens is 4. The van der Waals surface area contributed by atoms with Crippen LogP contribution in [0.1, 0.15) is 10.5 Å². The van der Waals surface area contributed by atoms with Crippen LogP contribution in [-0.2, 0) is 4.74 Å². The van der Waals surface area contributed by atoms with Crippen molar-refractivity contribution in [3.63, 3.8) is 0 Å². The molecule has 0 radical (unpaired) electrons. The van der Waals surface area contributed by atoms with Gasteiger partial charge >= 0.3 is 0 Å². The molecule has 0 N–H and O–H groups in total. The third kappa shape index (κ3) is 4.38. The zero-order chi connectivity index (χ0) is 21.8. The van der Waals surface area contributed by atoms with Crippen LogP contribution >= 0.6 is 0 Å². The Labute approximate surface area is 186 Å². The molecular formula is C23H25N7O2. The van der Waals surface area contributed by atoms with Crippen molar-refractivity contribution in [2.45, 2.75) is 0 Å². The predicted molar refractivity (Wildman–Crippen MR) is 121 cm³/mol. The van der Waals surface area contributed by atoms with E-state index in [1.807, 2.05) is 41.3 Å². The lowest BCUT2D eigenvalue weighted by atomic mass is 10.1. The van der Waals surface area contributed by atoms with E-state index < -0.39 is 0 Å². The van der Waals surface area contributed by atoms with E-state index in [4.69, 9.17) is 4.74 Å². The van der Waals surface area contributed by atoms with Gasteiger partial charge in [0, 0.05) is 57.0 Å². The fourth-order valence-corrected chi connectivity index (χ4v) is 4.02. The van der Waals surface area contributed by atoms with Crippen LogP contribution in [-0.4, -0.2) is 83.2 Å². The average molecular weight is 432 g/mol. The molecule has 0 aliphatic carbocycles. The second kappa shape index (κ2) is 9.27. The smallest absolute Gasteiger partial charge is 0.272 e. The van der Waals surface area contributed by atoms with Gasteiger partial charge in [-0.15, -0.1) is 0 Å². The summed E-state index contributed by atoms with van der Waals surface area (Å²) in [7, 11) is 0. The van der Waals surface area contributed by atoms with E-state index in [0.29, 0.717) is 45.1 Å². The van der Waals surface area contributed by atoms with E-state index in [1.54, 1.807) is 12.4 Å². The standard InChI is InChI=1S/C23H25N7O2/c31-23(20-15-22(27-17-25-20)29-10-12-32-13-11-29)30-8-6-28(7-9-30)21-14-19(24-16-26-21)18-4-2-1-3-5-18/h1-5,14-17H,6-13H2. The Morgan fingerprint density at radius 3 is 2.16 bits per heavy atom. The van der Waals surface area contributed by atoms with Gasteiger partial charge in [-0.25, -0.2) is 19.9 Å². The van der Waals surface area contributed by atoms with Crippen LogP contribution in [0.25, 0.3) is 11.3 Å². The fraction of sp³-hybridized carbons (Fsp3) is 0.348. The molecule has 2 fully saturated rings. The number of anilines is 2. The summed E-state index contributed by atoms with van der Waals surface area (Å²) in [5.41, 5.74) is 2.39. The summed E-state index contributed by atoms with van der Waals surface area (Å²) in [4.78, 5) is 36.7. The van der Waals surface area contributed by atoms with Crippen LogP contribution in [0.4, 0.5) is 11.6 Å². The third-order valence-corrected chi connectivity index (χ3v) is 5.82. The maximum absolute atomic E-state index is 13.1. The van der Waals surface area contributed by atoms with Gasteiger partial charge in [-0.05, 0) is 0 Å². The second-order valence-corrected chi connectivity index (χ2v) is 7.77. The monoisotopic (exact) mass is 431 g/mol. The van der Waals surface area contributed by atoms with Gasteiger partial charge < -0.3 is 19.4 Å². The first-order chi connectivity index (χ1) is 15.8. The molecule has 2 aromatic heterocycles. The summed E-state index contributed by atoms with van der Waals surface area (Å²) in [6.07, 6.45) is 3.07. The summed E-state index contributed by atoms with van der Waals surface area (Å²) in [6, 6.07) is 13.9. The quantitative estimate of drug-likeness (QED) is 0.617. The summed E-state index contributed by atoms with van der Waals surface area (Å²) in [6.45, 7) is 5.52. The molecule has 2 saturated heterocycles. The number of benzene rings is 1. The van der Waals surface area contributed by atoms with Crippen LogP contribution < -0.4 is 9.80 Å². The lowest BCUT2D eigenvalue weighted by Crippen LogP contribution is -2.49. The van der Waals surface area contributed by atoms with Gasteiger partial charge in [0.05, 0.1) is 18.9 Å². The van der Waals surface area contributed by atoms with Gasteiger partial charge in [-0.3, -0.25) is 4.79 Å². The Bertz CT molecular complexity index is 1060. The van der Waals surface area contributed by atoms with Gasteiger partial charge in [-0.1, -0.05) is 30.3 Å². The summed E-state index contributed by atoms with van der Waals surface area (Å²) < 4.78 is 5.40. The first-order valence-electron chi connectivity index (χ1n) is 10.8. The predicted octanol–water partition coefficient (Wildman–Crippen LogP) is 1.73. The molecule has 32 heavy (non-hydrogen) atoms. The molecule has 1 amide bonds. The topological polar surface area (TPSA) is 87.6 Å². The van der Waals surface area contributed by atoms with Crippen LogP contribution in [0, 0.1) is 0 Å². The molecule has 2 aliphatic heterocycles. The molecule has 4 heterocycles. The number of carbonyl (C=O) groups is 1. The summed E-state index contributed by atoms with van der Waals surface area (Å²) in [5, 5.41) is 0. The largest absolute Gasteiger partial charge is 0.378 e. The van der Waals surface area contributed by atoms with Gasteiger partial charge in [0.25, 0.3) is 5.91 Å². The van der Waals surface area contributed by atoms with E-state index in [0.717, 1.165) is 36.0 Å². The minimum absolute atomic E-state index is 0.0609. The van der Waals surface area contributed by atoms with Crippen molar-refractivity contribution < 1.29 is 9.53 Å². The number of piperazine rings is 1. The number of carbonyl (C=O) groups excluding carboxylic acids is 1. The SMILES string of the molecule is O=C(c1cc(N2CCOCC2)ncn1)N1CCN(c2cc(-c3ccccc3)ncn2)CC1. The minimum Gasteiger partial charge on any atom is -0.378 e. The van der Waals surface area contributed by atoms with Crippen molar-refractivity contribution in [3.05, 3.63) is 60.8 Å². The van der Waals surface area contributed by atoms with E-state index in [-0.39, 0.29) is 5.91 Å². The zero-order valence-electron chi connectivity index (χ0n) is 17.8. The van der Waals surface area contributed by atoms with Crippen molar-refractivity contribution >= 4 is 17.5 Å². The molecule has 9 heteroatoms. The van der Waals surface area contributed by atoms with E-state index in [1.165, 1.54) is 6.33 Å². The molecule has 9 nitrogen and oxygen atoms in total. The van der Waals surface area contributed by atoms with E-state index in [9.17, 15) is 4.79 Å². The Kier molecular flexibility index (Phi) is 5.89. The maximum atomic E-state index is 13.1. The molecule has 3 aromatic rings. The Morgan fingerprint density at radius 1 is 0.750 bits per heavy atom. The van der Waals surface area contributed by atoms with Gasteiger partial charge in [0.15, 0.2) is 0 Å². The number of rotatable bonds is 4. The van der Waals surface area contributed by atoms with E-state index in [2.05, 4.69) is 29.7 Å². The summed E-state index contributed by atoms with van der Waals surface area (Å²) in [5.74, 6) is 1.59. The Balaban J connectivity index is 1.24. The van der Waals surface area contributed by atoms with Crippen molar-refractivity contribution in [2.24, 2.45) is 0 Å². The summed E-state index contributed by atoms with van der Waals surface area (Å²) >= 11 is 0. The molecule has 0 atom stereocenters.